The van der Waals surface area contributed by atoms with Crippen LogP contribution < -0.4 is 10.1 Å². The zero-order valence-corrected chi connectivity index (χ0v) is 10.8. The highest BCUT2D eigenvalue weighted by Gasteiger charge is 2.39. The largest absolute Gasteiger partial charge is 0.491 e. The van der Waals surface area contributed by atoms with Crippen molar-refractivity contribution in [2.45, 2.75) is 25.4 Å². The van der Waals surface area contributed by atoms with Gasteiger partial charge in [0.2, 0.25) is 0 Å². The van der Waals surface area contributed by atoms with Gasteiger partial charge in [-0.25, -0.2) is 0 Å². The average Bonchev–Trinajstić information content (AvgIpc) is 2.24. The Balaban J connectivity index is 2.11. The molecule has 1 fully saturated rings. The van der Waals surface area contributed by atoms with Crippen molar-refractivity contribution in [3.8, 4) is 5.75 Å². The summed E-state index contributed by atoms with van der Waals surface area (Å²) in [5.41, 5.74) is 1.49. The minimum absolute atomic E-state index is 0.158. The van der Waals surface area contributed by atoms with Crippen LogP contribution in [0.4, 0.5) is 0 Å². The summed E-state index contributed by atoms with van der Waals surface area (Å²) < 4.78 is 11.0. The van der Waals surface area contributed by atoms with Gasteiger partial charge in [0.15, 0.2) is 0 Å². The molecule has 0 spiro atoms. The molecule has 17 heavy (non-hydrogen) atoms. The Morgan fingerprint density at radius 3 is 2.35 bits per heavy atom. The highest BCUT2D eigenvalue weighted by molar-refractivity contribution is 5.34. The topological polar surface area (TPSA) is 30.5 Å². The molecule has 1 aromatic carbocycles. The van der Waals surface area contributed by atoms with Gasteiger partial charge in [-0.2, -0.15) is 0 Å². The normalized spacial score (nSPS) is 17.9. The van der Waals surface area contributed by atoms with E-state index in [0.29, 0.717) is 0 Å². The van der Waals surface area contributed by atoms with Gasteiger partial charge >= 0.3 is 0 Å². The number of benzene rings is 1. The lowest BCUT2D eigenvalue weighted by atomic mass is 9.78. The van der Waals surface area contributed by atoms with Crippen LogP contribution in [0, 0.1) is 0 Å². The quantitative estimate of drug-likeness (QED) is 0.846. The number of nitrogens with one attached hydrogen (secondary N) is 1. The third-order valence-electron chi connectivity index (χ3n) is 3.11. The SMILES string of the molecule is CNCC1(c2ccc(OC(C)C)cc2)COC1. The lowest BCUT2D eigenvalue weighted by Gasteiger charge is -2.42. The predicted octanol–water partition coefficient (Wildman–Crippen LogP) is 1.96. The van der Waals surface area contributed by atoms with Gasteiger partial charge in [0.1, 0.15) is 5.75 Å². The maximum atomic E-state index is 5.65. The van der Waals surface area contributed by atoms with E-state index in [9.17, 15) is 0 Å². The highest BCUT2D eigenvalue weighted by Crippen LogP contribution is 2.32. The van der Waals surface area contributed by atoms with Gasteiger partial charge < -0.3 is 14.8 Å². The Labute approximate surface area is 103 Å². The summed E-state index contributed by atoms with van der Waals surface area (Å²) in [7, 11) is 1.98. The van der Waals surface area contributed by atoms with E-state index in [-0.39, 0.29) is 11.5 Å². The molecule has 0 radical (unpaired) electrons. The van der Waals surface area contributed by atoms with Crippen LogP contribution in [-0.2, 0) is 10.2 Å². The zero-order valence-electron chi connectivity index (χ0n) is 10.8. The summed E-state index contributed by atoms with van der Waals surface area (Å²) in [5, 5.41) is 3.24. The van der Waals surface area contributed by atoms with Crippen LogP contribution in [0.3, 0.4) is 0 Å². The zero-order chi connectivity index (χ0) is 12.3. The first-order valence-corrected chi connectivity index (χ1v) is 6.16. The van der Waals surface area contributed by atoms with Crippen molar-refractivity contribution >= 4 is 0 Å². The lowest BCUT2D eigenvalue weighted by molar-refractivity contribution is -0.0582. The van der Waals surface area contributed by atoms with Crippen molar-refractivity contribution in [3.05, 3.63) is 29.8 Å². The molecule has 0 aliphatic carbocycles. The third-order valence-corrected chi connectivity index (χ3v) is 3.11. The van der Waals surface area contributed by atoms with Crippen molar-refractivity contribution in [3.63, 3.8) is 0 Å². The lowest BCUT2D eigenvalue weighted by Crippen LogP contribution is -2.52. The van der Waals surface area contributed by atoms with Crippen LogP contribution in [0.5, 0.6) is 5.75 Å². The molecule has 1 saturated heterocycles. The molecule has 0 saturated carbocycles. The monoisotopic (exact) mass is 235 g/mol. The van der Waals surface area contributed by atoms with E-state index in [1.165, 1.54) is 5.56 Å². The maximum absolute atomic E-state index is 5.65. The molecular formula is C14H21NO2. The van der Waals surface area contributed by atoms with Gasteiger partial charge in [-0.3, -0.25) is 0 Å². The minimum atomic E-state index is 0.158. The molecule has 0 bridgehead atoms. The molecule has 3 heteroatoms. The van der Waals surface area contributed by atoms with Gasteiger partial charge in [-0.15, -0.1) is 0 Å². The minimum Gasteiger partial charge on any atom is -0.491 e. The van der Waals surface area contributed by atoms with Crippen LogP contribution in [0.15, 0.2) is 24.3 Å². The van der Waals surface area contributed by atoms with Crippen LogP contribution in [0.25, 0.3) is 0 Å². The van der Waals surface area contributed by atoms with Gasteiger partial charge in [-0.1, -0.05) is 12.1 Å². The first-order chi connectivity index (χ1) is 8.16. The van der Waals surface area contributed by atoms with E-state index in [1.807, 2.05) is 33.0 Å². The molecule has 1 aliphatic rings. The van der Waals surface area contributed by atoms with E-state index in [1.54, 1.807) is 0 Å². The second-order valence-electron chi connectivity index (χ2n) is 4.99. The number of rotatable bonds is 5. The van der Waals surface area contributed by atoms with Crippen molar-refractivity contribution in [1.82, 2.24) is 5.32 Å². The van der Waals surface area contributed by atoms with Crippen LogP contribution in [0.2, 0.25) is 0 Å². The Morgan fingerprint density at radius 2 is 1.94 bits per heavy atom. The number of hydrogen-bond acceptors (Lipinski definition) is 3. The van der Waals surface area contributed by atoms with E-state index in [4.69, 9.17) is 9.47 Å². The summed E-state index contributed by atoms with van der Waals surface area (Å²) in [4.78, 5) is 0. The number of likely N-dealkylation sites (N-methyl/N-ethyl adjacent to an activating group) is 1. The van der Waals surface area contributed by atoms with Gasteiger partial charge in [-0.05, 0) is 38.6 Å². The fourth-order valence-corrected chi connectivity index (χ4v) is 2.22. The molecule has 0 amide bonds. The van der Waals surface area contributed by atoms with Crippen molar-refractivity contribution in [2.75, 3.05) is 26.8 Å². The van der Waals surface area contributed by atoms with E-state index < -0.39 is 0 Å². The maximum Gasteiger partial charge on any atom is 0.119 e. The number of hydrogen-bond donors (Lipinski definition) is 1. The van der Waals surface area contributed by atoms with Crippen LogP contribution in [0.1, 0.15) is 19.4 Å². The van der Waals surface area contributed by atoms with Gasteiger partial charge in [0.25, 0.3) is 0 Å². The molecule has 94 valence electrons. The molecule has 0 unspecified atom stereocenters. The van der Waals surface area contributed by atoms with E-state index in [0.717, 1.165) is 25.5 Å². The van der Waals surface area contributed by atoms with Crippen molar-refractivity contribution < 1.29 is 9.47 Å². The standard InChI is InChI=1S/C14H21NO2/c1-11(2)17-13-6-4-12(5-7-13)14(8-15-3)9-16-10-14/h4-7,11,15H,8-10H2,1-3H3. The Kier molecular flexibility index (Phi) is 3.69. The molecule has 1 heterocycles. The summed E-state index contributed by atoms with van der Waals surface area (Å²) in [6.07, 6.45) is 0.221. The smallest absolute Gasteiger partial charge is 0.119 e. The highest BCUT2D eigenvalue weighted by atomic mass is 16.5. The summed E-state index contributed by atoms with van der Waals surface area (Å²) in [5.74, 6) is 0.934. The molecule has 1 aromatic rings. The fourth-order valence-electron chi connectivity index (χ4n) is 2.22. The fraction of sp³-hybridized carbons (Fsp3) is 0.571. The molecular weight excluding hydrogens is 214 g/mol. The van der Waals surface area contributed by atoms with Gasteiger partial charge in [0.05, 0.1) is 24.7 Å². The van der Waals surface area contributed by atoms with E-state index in [2.05, 4.69) is 17.4 Å². The second-order valence-corrected chi connectivity index (χ2v) is 4.99. The number of ether oxygens (including phenoxy) is 2. The first-order valence-electron chi connectivity index (χ1n) is 6.16. The summed E-state index contributed by atoms with van der Waals surface area (Å²) in [6.45, 7) is 6.64. The first kappa shape index (κ1) is 12.4. The predicted molar refractivity (Wildman–Crippen MR) is 68.6 cm³/mol. The van der Waals surface area contributed by atoms with E-state index >= 15 is 0 Å². The molecule has 1 aliphatic heterocycles. The molecule has 3 nitrogen and oxygen atoms in total. The molecule has 0 aromatic heterocycles. The molecule has 1 N–H and O–H groups in total. The average molecular weight is 235 g/mol. The summed E-state index contributed by atoms with van der Waals surface area (Å²) >= 11 is 0. The molecule has 2 rings (SSSR count). The van der Waals surface area contributed by atoms with Gasteiger partial charge in [0, 0.05) is 6.54 Å². The Bertz CT molecular complexity index is 355. The molecule has 0 atom stereocenters. The third kappa shape index (κ3) is 2.61. The summed E-state index contributed by atoms with van der Waals surface area (Å²) in [6, 6.07) is 8.39. The van der Waals surface area contributed by atoms with Crippen LogP contribution >= 0.6 is 0 Å². The van der Waals surface area contributed by atoms with Crippen molar-refractivity contribution in [1.29, 1.82) is 0 Å². The van der Waals surface area contributed by atoms with Crippen molar-refractivity contribution in [2.24, 2.45) is 0 Å². The van der Waals surface area contributed by atoms with Crippen LogP contribution in [-0.4, -0.2) is 32.9 Å². The Morgan fingerprint density at radius 1 is 1.29 bits per heavy atom. The second kappa shape index (κ2) is 5.07. The Hall–Kier alpha value is -1.06.